The van der Waals surface area contributed by atoms with E-state index in [2.05, 4.69) is 16.4 Å². The van der Waals surface area contributed by atoms with Crippen molar-refractivity contribution in [1.29, 1.82) is 0 Å². The van der Waals surface area contributed by atoms with Gasteiger partial charge in [0.15, 0.2) is 0 Å². The van der Waals surface area contributed by atoms with Gasteiger partial charge in [-0.3, -0.25) is 0 Å². The lowest BCUT2D eigenvalue weighted by atomic mass is 10.1. The maximum Gasteiger partial charge on any atom is 0.263 e. The minimum absolute atomic E-state index is 0.0558. The summed E-state index contributed by atoms with van der Waals surface area (Å²) in [6.07, 6.45) is -2.41. The highest BCUT2D eigenvalue weighted by molar-refractivity contribution is 7.18. The van der Waals surface area contributed by atoms with Gasteiger partial charge in [0.05, 0.1) is 15.2 Å². The first-order valence-electron chi connectivity index (χ1n) is 6.60. The number of hydrogen-bond donors (Lipinski definition) is 1. The van der Waals surface area contributed by atoms with E-state index < -0.39 is 6.43 Å². The highest BCUT2D eigenvalue weighted by atomic mass is 32.1. The average molecular weight is 304 g/mol. The van der Waals surface area contributed by atoms with Crippen LogP contribution < -0.4 is 5.32 Å². The monoisotopic (exact) mass is 304 g/mol. The number of alkyl halides is 2. The van der Waals surface area contributed by atoms with Crippen LogP contribution in [-0.2, 0) is 6.54 Å². The van der Waals surface area contributed by atoms with Gasteiger partial charge in [0.2, 0.25) is 0 Å². The fourth-order valence-electron chi connectivity index (χ4n) is 2.13. The van der Waals surface area contributed by atoms with E-state index in [-0.39, 0.29) is 5.56 Å². The predicted octanol–water partition coefficient (Wildman–Crippen LogP) is 5.15. The van der Waals surface area contributed by atoms with Crippen LogP contribution in [0.1, 0.15) is 22.6 Å². The summed E-state index contributed by atoms with van der Waals surface area (Å²) in [5.74, 6) is 0. The summed E-state index contributed by atoms with van der Waals surface area (Å²) < 4.78 is 26.1. The molecule has 0 radical (unpaired) electrons. The molecule has 0 amide bonds. The molecule has 0 bridgehead atoms. The molecule has 1 aromatic heterocycles. The fraction of sp³-hybridized carbons (Fsp3) is 0.188. The molecule has 3 rings (SSSR count). The summed E-state index contributed by atoms with van der Waals surface area (Å²) in [4.78, 5) is 4.42. The Bertz CT molecular complexity index is 751. The van der Waals surface area contributed by atoms with Crippen LogP contribution in [0.4, 0.5) is 14.5 Å². The van der Waals surface area contributed by atoms with Gasteiger partial charge >= 0.3 is 0 Å². The van der Waals surface area contributed by atoms with Crippen molar-refractivity contribution < 1.29 is 8.78 Å². The van der Waals surface area contributed by atoms with Crippen LogP contribution in [0.5, 0.6) is 0 Å². The summed E-state index contributed by atoms with van der Waals surface area (Å²) in [5.41, 5.74) is 3.04. The Morgan fingerprint density at radius 2 is 1.90 bits per heavy atom. The molecule has 0 aliphatic rings. The lowest BCUT2D eigenvalue weighted by Crippen LogP contribution is -1.99. The predicted molar refractivity (Wildman–Crippen MR) is 83.1 cm³/mol. The van der Waals surface area contributed by atoms with Gasteiger partial charge in [-0.1, -0.05) is 24.3 Å². The molecule has 0 fully saturated rings. The number of fused-ring (bicyclic) bond motifs is 1. The maximum absolute atomic E-state index is 12.5. The van der Waals surface area contributed by atoms with E-state index >= 15 is 0 Å². The summed E-state index contributed by atoms with van der Waals surface area (Å²) in [6, 6.07) is 12.4. The molecular weight excluding hydrogens is 290 g/mol. The second-order valence-electron chi connectivity index (χ2n) is 4.81. The van der Waals surface area contributed by atoms with Crippen molar-refractivity contribution in [3.8, 4) is 0 Å². The van der Waals surface area contributed by atoms with Crippen molar-refractivity contribution in [2.24, 2.45) is 0 Å². The third-order valence-corrected chi connectivity index (χ3v) is 4.16. The molecule has 3 aromatic rings. The van der Waals surface area contributed by atoms with Crippen molar-refractivity contribution in [1.82, 2.24) is 4.98 Å². The molecule has 0 aliphatic heterocycles. The summed E-state index contributed by atoms with van der Waals surface area (Å²) >= 11 is 1.66. The van der Waals surface area contributed by atoms with Crippen LogP contribution in [0.3, 0.4) is 0 Å². The molecule has 0 aliphatic carbocycles. The van der Waals surface area contributed by atoms with Gasteiger partial charge in [-0.15, -0.1) is 11.3 Å². The number of benzene rings is 2. The first-order valence-corrected chi connectivity index (χ1v) is 7.41. The second kappa shape index (κ2) is 5.77. The Balaban J connectivity index is 1.70. The first kappa shape index (κ1) is 13.9. The Kier molecular flexibility index (Phi) is 3.84. The third-order valence-electron chi connectivity index (χ3n) is 3.22. The standard InChI is InChI=1S/C16H14F2N2S/c1-10-20-14-7-6-13(8-15(14)21-10)19-9-11-2-4-12(5-3-11)16(17)18/h2-8,16,19H,9H2,1H3. The first-order chi connectivity index (χ1) is 10.1. The number of aromatic nitrogens is 1. The van der Waals surface area contributed by atoms with E-state index in [0.29, 0.717) is 6.54 Å². The zero-order chi connectivity index (χ0) is 14.8. The lowest BCUT2D eigenvalue weighted by molar-refractivity contribution is 0.151. The number of nitrogens with zero attached hydrogens (tertiary/aromatic N) is 1. The van der Waals surface area contributed by atoms with Gasteiger partial charge in [-0.25, -0.2) is 13.8 Å². The van der Waals surface area contributed by atoms with Crippen LogP contribution in [0.15, 0.2) is 42.5 Å². The molecule has 108 valence electrons. The molecule has 1 heterocycles. The molecular formula is C16H14F2N2S. The smallest absolute Gasteiger partial charge is 0.263 e. The van der Waals surface area contributed by atoms with Crippen LogP contribution in [0.2, 0.25) is 0 Å². The number of anilines is 1. The maximum atomic E-state index is 12.5. The molecule has 5 heteroatoms. The molecule has 0 saturated heterocycles. The lowest BCUT2D eigenvalue weighted by Gasteiger charge is -2.07. The van der Waals surface area contributed by atoms with Crippen molar-refractivity contribution >= 4 is 27.2 Å². The summed E-state index contributed by atoms with van der Waals surface area (Å²) in [6.45, 7) is 2.59. The van der Waals surface area contributed by atoms with Gasteiger partial charge in [0.25, 0.3) is 6.43 Å². The van der Waals surface area contributed by atoms with Gasteiger partial charge in [-0.2, -0.15) is 0 Å². The molecule has 0 atom stereocenters. The highest BCUT2D eigenvalue weighted by Gasteiger charge is 2.06. The van der Waals surface area contributed by atoms with E-state index in [4.69, 9.17) is 0 Å². The second-order valence-corrected chi connectivity index (χ2v) is 6.05. The van der Waals surface area contributed by atoms with E-state index in [0.717, 1.165) is 26.5 Å². The molecule has 0 saturated carbocycles. The summed E-state index contributed by atoms with van der Waals surface area (Å²) in [5, 5.41) is 4.35. The molecule has 2 aromatic carbocycles. The quantitative estimate of drug-likeness (QED) is 0.720. The number of thiazole rings is 1. The van der Waals surface area contributed by atoms with Crippen molar-refractivity contribution in [2.45, 2.75) is 19.9 Å². The number of halogens is 2. The van der Waals surface area contributed by atoms with Crippen molar-refractivity contribution in [3.05, 3.63) is 58.6 Å². The fourth-order valence-corrected chi connectivity index (χ4v) is 3.00. The van der Waals surface area contributed by atoms with E-state index in [1.807, 2.05) is 19.1 Å². The largest absolute Gasteiger partial charge is 0.381 e. The van der Waals surface area contributed by atoms with Crippen molar-refractivity contribution in [2.75, 3.05) is 5.32 Å². The van der Waals surface area contributed by atoms with Gasteiger partial charge in [-0.05, 0) is 30.7 Å². The minimum Gasteiger partial charge on any atom is -0.381 e. The van der Waals surface area contributed by atoms with Crippen LogP contribution in [-0.4, -0.2) is 4.98 Å². The van der Waals surface area contributed by atoms with E-state index in [9.17, 15) is 8.78 Å². The summed E-state index contributed by atoms with van der Waals surface area (Å²) in [7, 11) is 0. The Hall–Kier alpha value is -2.01. The Labute approximate surface area is 125 Å². The molecule has 2 nitrogen and oxygen atoms in total. The molecule has 0 unspecified atom stereocenters. The van der Waals surface area contributed by atoms with E-state index in [1.54, 1.807) is 23.5 Å². The van der Waals surface area contributed by atoms with Crippen LogP contribution >= 0.6 is 11.3 Å². The van der Waals surface area contributed by atoms with E-state index in [1.165, 1.54) is 12.1 Å². The van der Waals surface area contributed by atoms with Crippen LogP contribution in [0, 0.1) is 6.92 Å². The van der Waals surface area contributed by atoms with Gasteiger partial charge < -0.3 is 5.32 Å². The van der Waals surface area contributed by atoms with Gasteiger partial charge in [0, 0.05) is 17.8 Å². The Morgan fingerprint density at radius 3 is 2.62 bits per heavy atom. The third kappa shape index (κ3) is 3.19. The topological polar surface area (TPSA) is 24.9 Å². The normalized spacial score (nSPS) is 11.2. The van der Waals surface area contributed by atoms with Crippen molar-refractivity contribution in [3.63, 3.8) is 0 Å². The SMILES string of the molecule is Cc1nc2ccc(NCc3ccc(C(F)F)cc3)cc2s1. The molecule has 0 spiro atoms. The zero-order valence-electron chi connectivity index (χ0n) is 11.4. The number of hydrogen-bond acceptors (Lipinski definition) is 3. The van der Waals surface area contributed by atoms with Crippen LogP contribution in [0.25, 0.3) is 10.2 Å². The number of nitrogens with one attached hydrogen (secondary N) is 1. The molecule has 21 heavy (non-hydrogen) atoms. The van der Waals surface area contributed by atoms with Gasteiger partial charge in [0.1, 0.15) is 0 Å². The average Bonchev–Trinajstić information content (AvgIpc) is 2.84. The Morgan fingerprint density at radius 1 is 1.14 bits per heavy atom. The highest BCUT2D eigenvalue weighted by Crippen LogP contribution is 2.25. The molecule has 1 N–H and O–H groups in total. The zero-order valence-corrected chi connectivity index (χ0v) is 12.3. The number of rotatable bonds is 4. The number of aryl methyl sites for hydroxylation is 1. The minimum atomic E-state index is -2.41.